The molecule has 0 bridgehead atoms. The van der Waals surface area contributed by atoms with Crippen molar-refractivity contribution in [2.75, 3.05) is 9.80 Å². The van der Waals surface area contributed by atoms with Gasteiger partial charge < -0.3 is 0 Å². The summed E-state index contributed by atoms with van der Waals surface area (Å²) in [6, 6.07) is 39.6. The van der Waals surface area contributed by atoms with Crippen LogP contribution in [0.4, 0.5) is 22.7 Å². The molecule has 0 atom stereocenters. The SMILES string of the molecule is O=C(c1ccc(Cl)cc1)N(c1ccccc1)c1ccccc1N(C(=O)c1ccc(Cl)cc1)c1ccccc1. The summed E-state index contributed by atoms with van der Waals surface area (Å²) in [7, 11) is 0. The van der Waals surface area contributed by atoms with E-state index >= 15 is 0 Å². The maximum Gasteiger partial charge on any atom is 0.262 e. The first-order valence-electron chi connectivity index (χ1n) is 11.9. The average molecular weight is 537 g/mol. The lowest BCUT2D eigenvalue weighted by molar-refractivity contribution is 0.0987. The monoisotopic (exact) mass is 536 g/mol. The first-order chi connectivity index (χ1) is 18.5. The number of nitrogens with zero attached hydrogens (tertiary/aromatic N) is 2. The van der Waals surface area contributed by atoms with Crippen LogP contribution < -0.4 is 9.80 Å². The van der Waals surface area contributed by atoms with Crippen molar-refractivity contribution in [1.29, 1.82) is 0 Å². The number of benzene rings is 5. The van der Waals surface area contributed by atoms with Gasteiger partial charge in [0.25, 0.3) is 11.8 Å². The van der Waals surface area contributed by atoms with Gasteiger partial charge in [-0.3, -0.25) is 19.4 Å². The van der Waals surface area contributed by atoms with E-state index in [2.05, 4.69) is 0 Å². The maximum absolute atomic E-state index is 14.0. The van der Waals surface area contributed by atoms with Gasteiger partial charge in [-0.15, -0.1) is 0 Å². The zero-order valence-electron chi connectivity index (χ0n) is 20.2. The number of amides is 2. The van der Waals surface area contributed by atoms with Crippen molar-refractivity contribution in [3.8, 4) is 0 Å². The van der Waals surface area contributed by atoms with Crippen molar-refractivity contribution < 1.29 is 9.59 Å². The molecule has 0 aromatic heterocycles. The Kier molecular flexibility index (Phi) is 7.55. The second-order valence-electron chi connectivity index (χ2n) is 8.45. The molecule has 0 saturated heterocycles. The largest absolute Gasteiger partial charge is 0.275 e. The van der Waals surface area contributed by atoms with Gasteiger partial charge in [0.2, 0.25) is 0 Å². The van der Waals surface area contributed by atoms with E-state index in [1.165, 1.54) is 0 Å². The molecule has 0 aliphatic heterocycles. The van der Waals surface area contributed by atoms with Gasteiger partial charge in [0.15, 0.2) is 0 Å². The van der Waals surface area contributed by atoms with Crippen molar-refractivity contribution in [2.24, 2.45) is 0 Å². The number of carbonyl (C=O) groups excluding carboxylic acids is 2. The quantitative estimate of drug-likeness (QED) is 0.217. The molecule has 5 aromatic rings. The molecule has 0 aliphatic carbocycles. The molecule has 2 amide bonds. The molecule has 5 rings (SSSR count). The highest BCUT2D eigenvalue weighted by molar-refractivity contribution is 6.31. The maximum atomic E-state index is 14.0. The van der Waals surface area contributed by atoms with Gasteiger partial charge in [-0.2, -0.15) is 0 Å². The fourth-order valence-corrected chi connectivity index (χ4v) is 4.42. The Morgan fingerprint density at radius 3 is 1.08 bits per heavy atom. The summed E-state index contributed by atoms with van der Waals surface area (Å²) in [5, 5.41) is 1.08. The van der Waals surface area contributed by atoms with E-state index in [4.69, 9.17) is 23.2 Å². The first kappa shape index (κ1) is 25.3. The fourth-order valence-electron chi connectivity index (χ4n) is 4.17. The van der Waals surface area contributed by atoms with E-state index in [9.17, 15) is 9.59 Å². The van der Waals surface area contributed by atoms with Crippen molar-refractivity contribution >= 4 is 57.8 Å². The Hall–Kier alpha value is -4.38. The highest BCUT2D eigenvalue weighted by atomic mass is 35.5. The van der Waals surface area contributed by atoms with Crippen LogP contribution in [-0.4, -0.2) is 11.8 Å². The summed E-state index contributed by atoms with van der Waals surface area (Å²) < 4.78 is 0. The van der Waals surface area contributed by atoms with Gasteiger partial charge in [0.05, 0.1) is 11.4 Å². The number of carbonyl (C=O) groups is 2. The second kappa shape index (κ2) is 11.3. The van der Waals surface area contributed by atoms with Crippen molar-refractivity contribution in [1.82, 2.24) is 0 Å². The second-order valence-corrected chi connectivity index (χ2v) is 9.33. The fraction of sp³-hybridized carbons (Fsp3) is 0. The van der Waals surface area contributed by atoms with E-state index < -0.39 is 0 Å². The number of hydrogen-bond acceptors (Lipinski definition) is 2. The molecule has 0 fully saturated rings. The standard InChI is InChI=1S/C32H22Cl2N2O2/c33-25-19-15-23(16-20-25)31(37)35(27-9-3-1-4-10-27)29-13-7-8-14-30(29)36(28-11-5-2-6-12-28)32(38)24-17-21-26(34)22-18-24/h1-22H. The summed E-state index contributed by atoms with van der Waals surface area (Å²) in [6.45, 7) is 0. The van der Waals surface area contributed by atoms with Crippen molar-refractivity contribution in [3.63, 3.8) is 0 Å². The van der Waals surface area contributed by atoms with Gasteiger partial charge in [0, 0.05) is 32.5 Å². The molecule has 0 radical (unpaired) electrons. The lowest BCUT2D eigenvalue weighted by Gasteiger charge is -2.31. The molecule has 0 heterocycles. The summed E-state index contributed by atoms with van der Waals surface area (Å²) in [6.07, 6.45) is 0. The molecule has 0 unspecified atom stereocenters. The smallest absolute Gasteiger partial charge is 0.262 e. The van der Waals surface area contributed by atoms with Crippen LogP contribution in [-0.2, 0) is 0 Å². The molecule has 38 heavy (non-hydrogen) atoms. The summed E-state index contributed by atoms with van der Waals surface area (Å²) in [4.78, 5) is 31.3. The molecule has 5 aromatic carbocycles. The number of para-hydroxylation sites is 4. The topological polar surface area (TPSA) is 40.6 Å². The minimum Gasteiger partial charge on any atom is -0.275 e. The van der Waals surface area contributed by atoms with Crippen LogP contribution in [0.1, 0.15) is 20.7 Å². The Morgan fingerprint density at radius 2 is 0.737 bits per heavy atom. The minimum atomic E-state index is -0.257. The minimum absolute atomic E-state index is 0.257. The molecular formula is C32H22Cl2N2O2. The number of halogens is 2. The molecule has 0 aliphatic rings. The first-order valence-corrected chi connectivity index (χ1v) is 12.7. The Balaban J connectivity index is 1.70. The molecule has 6 heteroatoms. The third-order valence-electron chi connectivity index (χ3n) is 5.98. The normalized spacial score (nSPS) is 10.6. The van der Waals surface area contributed by atoms with Crippen LogP contribution in [0.3, 0.4) is 0 Å². The molecule has 0 saturated carbocycles. The third kappa shape index (κ3) is 5.32. The van der Waals surface area contributed by atoms with Crippen LogP contribution >= 0.6 is 23.2 Å². The summed E-state index contributed by atoms with van der Waals surface area (Å²) >= 11 is 12.2. The summed E-state index contributed by atoms with van der Waals surface area (Å²) in [5.41, 5.74) is 3.33. The molecule has 4 nitrogen and oxygen atoms in total. The molecule has 186 valence electrons. The third-order valence-corrected chi connectivity index (χ3v) is 6.48. The molecule has 0 N–H and O–H groups in total. The van der Waals surface area contributed by atoms with Gasteiger partial charge in [-0.05, 0) is 84.9 Å². The molecular weight excluding hydrogens is 515 g/mol. The van der Waals surface area contributed by atoms with Crippen LogP contribution in [0.25, 0.3) is 0 Å². The zero-order valence-corrected chi connectivity index (χ0v) is 21.7. The summed E-state index contributed by atoms with van der Waals surface area (Å²) in [5.74, 6) is -0.514. The van der Waals surface area contributed by atoms with E-state index in [0.717, 1.165) is 0 Å². The highest BCUT2D eigenvalue weighted by Gasteiger charge is 2.28. The number of hydrogen-bond donors (Lipinski definition) is 0. The van der Waals surface area contributed by atoms with Crippen LogP contribution in [0, 0.1) is 0 Å². The van der Waals surface area contributed by atoms with Gasteiger partial charge in [-0.1, -0.05) is 71.7 Å². The van der Waals surface area contributed by atoms with Crippen LogP contribution in [0.15, 0.2) is 133 Å². The lowest BCUT2D eigenvalue weighted by atomic mass is 10.1. The average Bonchev–Trinajstić information content (AvgIpc) is 2.96. The van der Waals surface area contributed by atoms with E-state index in [0.29, 0.717) is 43.9 Å². The number of anilines is 4. The molecule has 0 spiro atoms. The van der Waals surface area contributed by atoms with Gasteiger partial charge >= 0.3 is 0 Å². The van der Waals surface area contributed by atoms with E-state index in [1.807, 2.05) is 84.9 Å². The highest BCUT2D eigenvalue weighted by Crippen LogP contribution is 2.39. The van der Waals surface area contributed by atoms with Crippen LogP contribution in [0.2, 0.25) is 10.0 Å². The van der Waals surface area contributed by atoms with E-state index in [-0.39, 0.29) is 11.8 Å². The van der Waals surface area contributed by atoms with Crippen molar-refractivity contribution in [3.05, 3.63) is 155 Å². The zero-order chi connectivity index (χ0) is 26.5. The lowest BCUT2D eigenvalue weighted by Crippen LogP contribution is -2.31. The number of rotatable bonds is 6. The van der Waals surface area contributed by atoms with E-state index in [1.54, 1.807) is 58.3 Å². The predicted molar refractivity (Wildman–Crippen MR) is 155 cm³/mol. The Bertz CT molecular complexity index is 1440. The Labute approximate surface area is 231 Å². The Morgan fingerprint density at radius 1 is 0.421 bits per heavy atom. The van der Waals surface area contributed by atoms with Gasteiger partial charge in [-0.25, -0.2) is 0 Å². The van der Waals surface area contributed by atoms with Gasteiger partial charge in [0.1, 0.15) is 0 Å². The van der Waals surface area contributed by atoms with Crippen molar-refractivity contribution in [2.45, 2.75) is 0 Å². The van der Waals surface area contributed by atoms with Crippen LogP contribution in [0.5, 0.6) is 0 Å². The predicted octanol–water partition coefficient (Wildman–Crippen LogP) is 8.95.